The number of nitrogens with two attached hydrogens (primary N) is 1. The normalized spacial score (nSPS) is 12.5. The number of thiophene rings is 1. The zero-order valence-electron chi connectivity index (χ0n) is 9.60. The van der Waals surface area contributed by atoms with Crippen molar-refractivity contribution < 1.29 is 9.53 Å². The van der Waals surface area contributed by atoms with E-state index in [1.807, 2.05) is 30.7 Å². The first kappa shape index (κ1) is 13.0. The molecule has 5 heteroatoms. The molecule has 4 nitrogen and oxygen atoms in total. The van der Waals surface area contributed by atoms with Gasteiger partial charge >= 0.3 is 6.09 Å². The van der Waals surface area contributed by atoms with Crippen LogP contribution < -0.4 is 11.1 Å². The van der Waals surface area contributed by atoms with Crippen LogP contribution in [0, 0.1) is 0 Å². The predicted molar refractivity (Wildman–Crippen MR) is 65.5 cm³/mol. The average Bonchev–Trinajstić information content (AvgIpc) is 2.68. The van der Waals surface area contributed by atoms with Crippen LogP contribution in [0.1, 0.15) is 31.9 Å². The van der Waals surface area contributed by atoms with Gasteiger partial charge in [-0.25, -0.2) is 4.79 Å². The van der Waals surface area contributed by atoms with Crippen LogP contribution in [-0.2, 0) is 4.74 Å². The Bertz CT molecular complexity index is 312. The van der Waals surface area contributed by atoms with E-state index in [4.69, 9.17) is 10.5 Å². The van der Waals surface area contributed by atoms with Gasteiger partial charge in [-0.2, -0.15) is 11.3 Å². The van der Waals surface area contributed by atoms with Gasteiger partial charge in [-0.1, -0.05) is 0 Å². The molecule has 3 N–H and O–H groups in total. The summed E-state index contributed by atoms with van der Waals surface area (Å²) in [5.74, 6) is 0. The molecule has 0 bridgehead atoms. The molecule has 0 saturated carbocycles. The molecular formula is C11H18N2O2S. The Kier molecular flexibility index (Phi) is 5.28. The van der Waals surface area contributed by atoms with E-state index in [9.17, 15) is 4.79 Å². The number of alkyl carbamates (subject to hydrolysis) is 1. The van der Waals surface area contributed by atoms with Gasteiger partial charge in [0, 0.05) is 12.6 Å². The largest absolute Gasteiger partial charge is 0.447 e. The first-order valence-electron chi connectivity index (χ1n) is 5.31. The average molecular weight is 242 g/mol. The van der Waals surface area contributed by atoms with Crippen LogP contribution >= 0.6 is 11.3 Å². The smallest absolute Gasteiger partial charge is 0.407 e. The molecule has 1 heterocycles. The van der Waals surface area contributed by atoms with Gasteiger partial charge in [0.15, 0.2) is 0 Å². The molecule has 16 heavy (non-hydrogen) atoms. The molecule has 0 fully saturated rings. The van der Waals surface area contributed by atoms with Gasteiger partial charge < -0.3 is 15.8 Å². The number of carbonyl (C=O) groups is 1. The molecule has 1 rings (SSSR count). The van der Waals surface area contributed by atoms with Crippen molar-refractivity contribution in [2.75, 3.05) is 6.54 Å². The third-order valence-electron chi connectivity index (χ3n) is 2.04. The summed E-state index contributed by atoms with van der Waals surface area (Å²) >= 11 is 1.62. The number of hydrogen-bond acceptors (Lipinski definition) is 4. The molecule has 0 aliphatic carbocycles. The summed E-state index contributed by atoms with van der Waals surface area (Å²) in [6, 6.07) is 1.98. The minimum Gasteiger partial charge on any atom is -0.447 e. The highest BCUT2D eigenvalue weighted by molar-refractivity contribution is 7.07. The molecule has 1 unspecified atom stereocenters. The summed E-state index contributed by atoms with van der Waals surface area (Å²) in [6.45, 7) is 4.16. The maximum atomic E-state index is 11.1. The third kappa shape index (κ3) is 4.63. The van der Waals surface area contributed by atoms with Gasteiger partial charge in [-0.05, 0) is 42.7 Å². The fraction of sp³-hybridized carbons (Fsp3) is 0.545. The molecule has 1 aromatic heterocycles. The van der Waals surface area contributed by atoms with Gasteiger partial charge in [0.2, 0.25) is 0 Å². The quantitative estimate of drug-likeness (QED) is 0.832. The zero-order chi connectivity index (χ0) is 12.0. The Labute approximate surface area is 99.8 Å². The van der Waals surface area contributed by atoms with E-state index >= 15 is 0 Å². The Balaban J connectivity index is 2.18. The van der Waals surface area contributed by atoms with Crippen LogP contribution in [0.15, 0.2) is 16.8 Å². The van der Waals surface area contributed by atoms with Crippen molar-refractivity contribution in [1.82, 2.24) is 5.32 Å². The lowest BCUT2D eigenvalue weighted by Crippen LogP contribution is -2.29. The SMILES string of the molecule is CC(C)OC(=O)NCCC(N)c1ccsc1. The number of amides is 1. The summed E-state index contributed by atoms with van der Waals surface area (Å²) in [5.41, 5.74) is 7.06. The van der Waals surface area contributed by atoms with Gasteiger partial charge in [0.25, 0.3) is 0 Å². The van der Waals surface area contributed by atoms with E-state index in [0.29, 0.717) is 13.0 Å². The van der Waals surface area contributed by atoms with Gasteiger partial charge in [-0.3, -0.25) is 0 Å². The van der Waals surface area contributed by atoms with Crippen molar-refractivity contribution in [2.24, 2.45) is 5.73 Å². The fourth-order valence-electron chi connectivity index (χ4n) is 1.24. The van der Waals surface area contributed by atoms with E-state index in [0.717, 1.165) is 5.56 Å². The number of carbonyl (C=O) groups excluding carboxylic acids is 1. The Morgan fingerprint density at radius 2 is 2.38 bits per heavy atom. The van der Waals surface area contributed by atoms with Crippen LogP contribution in [0.25, 0.3) is 0 Å². The number of ether oxygens (including phenoxy) is 1. The lowest BCUT2D eigenvalue weighted by atomic mass is 10.1. The Hall–Kier alpha value is -1.07. The molecule has 1 atom stereocenters. The highest BCUT2D eigenvalue weighted by atomic mass is 32.1. The van der Waals surface area contributed by atoms with Crippen molar-refractivity contribution >= 4 is 17.4 Å². The summed E-state index contributed by atoms with van der Waals surface area (Å²) < 4.78 is 4.93. The predicted octanol–water partition coefficient (Wildman–Crippen LogP) is 2.27. The third-order valence-corrected chi connectivity index (χ3v) is 2.74. The zero-order valence-corrected chi connectivity index (χ0v) is 10.4. The monoisotopic (exact) mass is 242 g/mol. The number of rotatable bonds is 5. The van der Waals surface area contributed by atoms with Gasteiger partial charge in [-0.15, -0.1) is 0 Å². The molecule has 1 aromatic rings. The van der Waals surface area contributed by atoms with Crippen molar-refractivity contribution in [3.8, 4) is 0 Å². The molecular weight excluding hydrogens is 224 g/mol. The summed E-state index contributed by atoms with van der Waals surface area (Å²) in [7, 11) is 0. The number of nitrogens with one attached hydrogen (secondary N) is 1. The van der Waals surface area contributed by atoms with E-state index in [2.05, 4.69) is 5.32 Å². The highest BCUT2D eigenvalue weighted by Gasteiger charge is 2.08. The lowest BCUT2D eigenvalue weighted by molar-refractivity contribution is 0.115. The molecule has 0 saturated heterocycles. The minimum atomic E-state index is -0.382. The van der Waals surface area contributed by atoms with E-state index < -0.39 is 0 Å². The van der Waals surface area contributed by atoms with Gasteiger partial charge in [0.05, 0.1) is 6.10 Å². The maximum absolute atomic E-state index is 11.1. The molecule has 90 valence electrons. The fourth-order valence-corrected chi connectivity index (χ4v) is 1.96. The Morgan fingerprint density at radius 3 is 2.94 bits per heavy atom. The molecule has 0 aliphatic rings. The standard InChI is InChI=1S/C11H18N2O2S/c1-8(2)15-11(14)13-5-3-10(12)9-4-6-16-7-9/h4,6-8,10H,3,5,12H2,1-2H3,(H,13,14). The van der Waals surface area contributed by atoms with E-state index in [1.54, 1.807) is 11.3 Å². The molecule has 0 radical (unpaired) electrons. The Morgan fingerprint density at radius 1 is 1.62 bits per heavy atom. The highest BCUT2D eigenvalue weighted by Crippen LogP contribution is 2.16. The minimum absolute atomic E-state index is 0.0226. The van der Waals surface area contributed by atoms with E-state index in [-0.39, 0.29) is 18.2 Å². The van der Waals surface area contributed by atoms with E-state index in [1.165, 1.54) is 0 Å². The summed E-state index contributed by atoms with van der Waals surface area (Å²) in [5, 5.41) is 6.69. The van der Waals surface area contributed by atoms with Crippen LogP contribution in [0.4, 0.5) is 4.79 Å². The maximum Gasteiger partial charge on any atom is 0.407 e. The molecule has 1 amide bonds. The second-order valence-corrected chi connectivity index (χ2v) is 4.61. The topological polar surface area (TPSA) is 64.3 Å². The van der Waals surface area contributed by atoms with Crippen molar-refractivity contribution in [2.45, 2.75) is 32.4 Å². The first-order valence-corrected chi connectivity index (χ1v) is 6.26. The van der Waals surface area contributed by atoms with Gasteiger partial charge in [0.1, 0.15) is 0 Å². The van der Waals surface area contributed by atoms with Crippen molar-refractivity contribution in [1.29, 1.82) is 0 Å². The number of hydrogen-bond donors (Lipinski definition) is 2. The lowest BCUT2D eigenvalue weighted by Gasteiger charge is -2.12. The van der Waals surface area contributed by atoms with Crippen LogP contribution in [0.5, 0.6) is 0 Å². The van der Waals surface area contributed by atoms with Crippen LogP contribution in [-0.4, -0.2) is 18.7 Å². The summed E-state index contributed by atoms with van der Waals surface area (Å²) in [6.07, 6.45) is 0.238. The van der Waals surface area contributed by atoms with Crippen molar-refractivity contribution in [3.63, 3.8) is 0 Å². The second kappa shape index (κ2) is 6.50. The molecule has 0 aromatic carbocycles. The molecule has 0 aliphatic heterocycles. The van der Waals surface area contributed by atoms with Crippen LogP contribution in [0.3, 0.4) is 0 Å². The summed E-state index contributed by atoms with van der Waals surface area (Å²) in [4.78, 5) is 11.1. The van der Waals surface area contributed by atoms with Crippen LogP contribution in [0.2, 0.25) is 0 Å². The first-order chi connectivity index (χ1) is 7.59. The second-order valence-electron chi connectivity index (χ2n) is 3.83. The molecule has 0 spiro atoms. The van der Waals surface area contributed by atoms with Crippen molar-refractivity contribution in [3.05, 3.63) is 22.4 Å².